The minimum Gasteiger partial charge on any atom is -0.455 e. The first-order valence-electron chi connectivity index (χ1n) is 7.61. The Bertz CT molecular complexity index is 752. The van der Waals surface area contributed by atoms with Gasteiger partial charge in [-0.05, 0) is 32.2 Å². The zero-order valence-corrected chi connectivity index (χ0v) is 14.9. The van der Waals surface area contributed by atoms with Gasteiger partial charge < -0.3 is 14.5 Å². The van der Waals surface area contributed by atoms with Crippen molar-refractivity contribution in [2.24, 2.45) is 0 Å². The van der Waals surface area contributed by atoms with E-state index in [-0.39, 0.29) is 12.5 Å². The van der Waals surface area contributed by atoms with Crippen molar-refractivity contribution in [3.63, 3.8) is 0 Å². The van der Waals surface area contributed by atoms with Gasteiger partial charge in [-0.1, -0.05) is 6.07 Å². The van der Waals surface area contributed by atoms with Crippen molar-refractivity contribution < 1.29 is 23.5 Å². The number of ether oxygens (including phenoxy) is 1. The van der Waals surface area contributed by atoms with Crippen molar-refractivity contribution in [2.45, 2.75) is 33.2 Å². The lowest BCUT2D eigenvalue weighted by Gasteiger charge is -2.09. The lowest BCUT2D eigenvalue weighted by Crippen LogP contribution is -2.44. The van der Waals surface area contributed by atoms with E-state index < -0.39 is 24.5 Å². The monoisotopic (exact) mass is 365 g/mol. The van der Waals surface area contributed by atoms with Crippen molar-refractivity contribution in [3.8, 4) is 10.8 Å². The van der Waals surface area contributed by atoms with Gasteiger partial charge in [0.15, 0.2) is 6.61 Å². The molecule has 0 fully saturated rings. The number of nitrogens with zero attached hydrogens (tertiary/aromatic N) is 1. The van der Waals surface area contributed by atoms with Crippen LogP contribution in [0.3, 0.4) is 0 Å². The highest BCUT2D eigenvalue weighted by molar-refractivity contribution is 7.13. The van der Waals surface area contributed by atoms with E-state index in [4.69, 9.17) is 9.15 Å². The Morgan fingerprint density at radius 1 is 1.36 bits per heavy atom. The highest BCUT2D eigenvalue weighted by atomic mass is 32.1. The molecule has 2 N–H and O–H groups in total. The van der Waals surface area contributed by atoms with Crippen LogP contribution in [-0.4, -0.2) is 35.5 Å². The molecule has 25 heavy (non-hydrogen) atoms. The number of imide groups is 1. The SMILES string of the molecule is Cc1oc(-c2cccs2)nc1CC(=O)OCC(=O)NC(=O)NC(C)C. The Labute approximate surface area is 148 Å². The predicted octanol–water partition coefficient (Wildman–Crippen LogP) is 2.03. The number of aromatic nitrogens is 1. The summed E-state index contributed by atoms with van der Waals surface area (Å²) in [4.78, 5) is 39.9. The third-order valence-corrected chi connectivity index (χ3v) is 3.83. The normalized spacial score (nSPS) is 10.6. The lowest BCUT2D eigenvalue weighted by atomic mass is 10.3. The number of rotatable bonds is 6. The highest BCUT2D eigenvalue weighted by Crippen LogP contribution is 2.26. The van der Waals surface area contributed by atoms with E-state index in [2.05, 4.69) is 15.6 Å². The smallest absolute Gasteiger partial charge is 0.321 e. The summed E-state index contributed by atoms with van der Waals surface area (Å²) >= 11 is 1.48. The number of carbonyl (C=O) groups is 3. The second kappa shape index (κ2) is 8.43. The molecule has 2 heterocycles. The van der Waals surface area contributed by atoms with Crippen LogP contribution in [0.5, 0.6) is 0 Å². The molecule has 0 aliphatic heterocycles. The van der Waals surface area contributed by atoms with E-state index in [1.54, 1.807) is 20.8 Å². The number of urea groups is 1. The Balaban J connectivity index is 1.82. The molecule has 2 rings (SSSR count). The van der Waals surface area contributed by atoms with Crippen LogP contribution in [0.2, 0.25) is 0 Å². The Morgan fingerprint density at radius 3 is 2.76 bits per heavy atom. The maximum absolute atomic E-state index is 11.8. The summed E-state index contributed by atoms with van der Waals surface area (Å²) in [6, 6.07) is 3.00. The van der Waals surface area contributed by atoms with Gasteiger partial charge in [0.25, 0.3) is 5.91 Å². The summed E-state index contributed by atoms with van der Waals surface area (Å²) in [5, 5.41) is 6.46. The molecule has 0 aliphatic rings. The fourth-order valence-electron chi connectivity index (χ4n) is 1.89. The number of esters is 1. The van der Waals surface area contributed by atoms with E-state index in [0.29, 0.717) is 17.3 Å². The molecule has 0 aliphatic carbocycles. The number of oxazole rings is 1. The van der Waals surface area contributed by atoms with Crippen molar-refractivity contribution in [1.29, 1.82) is 0 Å². The van der Waals surface area contributed by atoms with E-state index >= 15 is 0 Å². The van der Waals surface area contributed by atoms with Crippen LogP contribution in [-0.2, 0) is 20.7 Å². The summed E-state index contributed by atoms with van der Waals surface area (Å²) in [6.07, 6.45) is -0.119. The molecule has 0 unspecified atom stereocenters. The van der Waals surface area contributed by atoms with Gasteiger partial charge in [0.1, 0.15) is 5.76 Å². The van der Waals surface area contributed by atoms with Gasteiger partial charge in [-0.25, -0.2) is 9.78 Å². The number of hydrogen-bond acceptors (Lipinski definition) is 7. The molecule has 0 atom stereocenters. The van der Waals surface area contributed by atoms with Gasteiger partial charge in [-0.15, -0.1) is 11.3 Å². The van der Waals surface area contributed by atoms with Gasteiger partial charge in [0.2, 0.25) is 5.89 Å². The van der Waals surface area contributed by atoms with E-state index in [1.807, 2.05) is 17.5 Å². The second-order valence-electron chi connectivity index (χ2n) is 5.51. The first kappa shape index (κ1) is 18.7. The van der Waals surface area contributed by atoms with Crippen molar-refractivity contribution >= 4 is 29.2 Å². The summed E-state index contributed by atoms with van der Waals surface area (Å²) in [5.41, 5.74) is 0.450. The molecule has 2 aromatic heterocycles. The molecule has 0 spiro atoms. The van der Waals surface area contributed by atoms with Gasteiger partial charge >= 0.3 is 12.0 Å². The number of hydrogen-bond donors (Lipinski definition) is 2. The van der Waals surface area contributed by atoms with Crippen LogP contribution in [0.1, 0.15) is 25.3 Å². The molecule has 134 valence electrons. The first-order valence-corrected chi connectivity index (χ1v) is 8.49. The summed E-state index contributed by atoms with van der Waals surface area (Å²) in [7, 11) is 0. The molecule has 2 aromatic rings. The number of nitrogens with one attached hydrogen (secondary N) is 2. The third-order valence-electron chi connectivity index (χ3n) is 2.97. The molecule has 0 bridgehead atoms. The van der Waals surface area contributed by atoms with Gasteiger partial charge in [0.05, 0.1) is 17.0 Å². The van der Waals surface area contributed by atoms with Crippen LogP contribution in [0.15, 0.2) is 21.9 Å². The number of amides is 3. The molecule has 8 nitrogen and oxygen atoms in total. The van der Waals surface area contributed by atoms with Crippen LogP contribution in [0, 0.1) is 6.92 Å². The molecule has 9 heteroatoms. The van der Waals surface area contributed by atoms with Crippen LogP contribution in [0.25, 0.3) is 10.8 Å². The van der Waals surface area contributed by atoms with Gasteiger partial charge in [0, 0.05) is 6.04 Å². The summed E-state index contributed by atoms with van der Waals surface area (Å²) < 4.78 is 10.4. The maximum atomic E-state index is 11.8. The molecule has 0 aromatic carbocycles. The Morgan fingerprint density at radius 2 is 2.12 bits per heavy atom. The zero-order chi connectivity index (χ0) is 18.4. The standard InChI is InChI=1S/C16H19N3O5S/c1-9(2)17-16(22)19-13(20)8-23-14(21)7-11-10(3)24-15(18-11)12-5-4-6-25-12/h4-6,9H,7-8H2,1-3H3,(H2,17,19,20,22). The van der Waals surface area contributed by atoms with Gasteiger partial charge in [-0.3, -0.25) is 14.9 Å². The number of aryl methyl sites for hydroxylation is 1. The minimum atomic E-state index is -0.706. The Kier molecular flexibility index (Phi) is 6.29. The predicted molar refractivity (Wildman–Crippen MR) is 91.0 cm³/mol. The summed E-state index contributed by atoms with van der Waals surface area (Å²) in [5.74, 6) is -0.379. The molecule has 0 saturated carbocycles. The fraction of sp³-hybridized carbons (Fsp3) is 0.375. The number of carbonyl (C=O) groups excluding carboxylic acids is 3. The Hall–Kier alpha value is -2.68. The fourth-order valence-corrected chi connectivity index (χ4v) is 2.54. The minimum absolute atomic E-state index is 0.108. The van der Waals surface area contributed by atoms with Crippen molar-refractivity contribution in [3.05, 3.63) is 29.0 Å². The van der Waals surface area contributed by atoms with Crippen molar-refractivity contribution in [1.82, 2.24) is 15.6 Å². The lowest BCUT2D eigenvalue weighted by molar-refractivity contribution is -0.147. The van der Waals surface area contributed by atoms with E-state index in [9.17, 15) is 14.4 Å². The first-order chi connectivity index (χ1) is 11.8. The summed E-state index contributed by atoms with van der Waals surface area (Å²) in [6.45, 7) is 4.68. The average Bonchev–Trinajstić information content (AvgIpc) is 3.15. The van der Waals surface area contributed by atoms with Crippen LogP contribution in [0.4, 0.5) is 4.79 Å². The third kappa shape index (κ3) is 5.71. The van der Waals surface area contributed by atoms with Crippen LogP contribution < -0.4 is 10.6 Å². The highest BCUT2D eigenvalue weighted by Gasteiger charge is 2.17. The van der Waals surface area contributed by atoms with E-state index in [0.717, 1.165) is 4.88 Å². The molecular formula is C16H19N3O5S. The van der Waals surface area contributed by atoms with E-state index in [1.165, 1.54) is 11.3 Å². The molecule has 0 saturated heterocycles. The maximum Gasteiger partial charge on any atom is 0.321 e. The molecule has 0 radical (unpaired) electrons. The quantitative estimate of drug-likeness (QED) is 0.758. The second-order valence-corrected chi connectivity index (χ2v) is 6.46. The molecule has 3 amide bonds. The van der Waals surface area contributed by atoms with Gasteiger partial charge in [-0.2, -0.15) is 0 Å². The number of thiophene rings is 1. The topological polar surface area (TPSA) is 111 Å². The van der Waals surface area contributed by atoms with Crippen molar-refractivity contribution in [2.75, 3.05) is 6.61 Å². The molecular weight excluding hydrogens is 346 g/mol. The van der Waals surface area contributed by atoms with Crippen LogP contribution >= 0.6 is 11.3 Å². The largest absolute Gasteiger partial charge is 0.455 e. The average molecular weight is 365 g/mol. The zero-order valence-electron chi connectivity index (χ0n) is 14.1.